The lowest BCUT2D eigenvalue weighted by Gasteiger charge is -2.27. The van der Waals surface area contributed by atoms with E-state index >= 15 is 0 Å². The maximum atomic E-state index is 6.11. The molecule has 2 heteroatoms. The molecule has 0 amide bonds. The van der Waals surface area contributed by atoms with E-state index < -0.39 is 8.24 Å². The van der Waals surface area contributed by atoms with Crippen molar-refractivity contribution in [2.45, 2.75) is 51.2 Å². The van der Waals surface area contributed by atoms with Gasteiger partial charge in [0.05, 0.1) is 0 Å². The van der Waals surface area contributed by atoms with E-state index in [-0.39, 0.29) is 0 Å². The third kappa shape index (κ3) is 3.92. The van der Waals surface area contributed by atoms with Crippen LogP contribution in [0.2, 0.25) is 19.1 Å². The van der Waals surface area contributed by atoms with E-state index in [9.17, 15) is 0 Å². The number of hydrogen-bond acceptors (Lipinski definition) is 1. The molecular formula is C9H21NSi. The molecule has 0 radical (unpaired) electrons. The zero-order chi connectivity index (χ0) is 8.32. The van der Waals surface area contributed by atoms with Crippen molar-refractivity contribution in [2.75, 3.05) is 0 Å². The van der Waals surface area contributed by atoms with E-state index in [1.54, 1.807) is 0 Å². The summed E-state index contributed by atoms with van der Waals surface area (Å²) in [7, 11) is -1.24. The molecule has 1 fully saturated rings. The van der Waals surface area contributed by atoms with Gasteiger partial charge in [-0.05, 0) is 12.0 Å². The van der Waals surface area contributed by atoms with E-state index in [2.05, 4.69) is 13.1 Å². The molecule has 0 spiro atoms. The Kier molecular flexibility index (Phi) is 3.13. The van der Waals surface area contributed by atoms with Crippen molar-refractivity contribution in [2.24, 2.45) is 11.3 Å². The maximum Gasteiger partial charge on any atom is 0.117 e. The van der Waals surface area contributed by atoms with Gasteiger partial charge in [0.2, 0.25) is 0 Å². The zero-order valence-corrected chi connectivity index (χ0v) is 8.90. The average molecular weight is 171 g/mol. The molecular weight excluding hydrogens is 150 g/mol. The summed E-state index contributed by atoms with van der Waals surface area (Å²) in [6.07, 6.45) is 7.27. The lowest BCUT2D eigenvalue weighted by Crippen LogP contribution is -2.40. The Morgan fingerprint density at radius 2 is 1.73 bits per heavy atom. The molecule has 0 atom stereocenters. The van der Waals surface area contributed by atoms with E-state index in [0.29, 0.717) is 0 Å². The monoisotopic (exact) mass is 171 g/mol. The highest BCUT2D eigenvalue weighted by Gasteiger charge is 2.22. The minimum atomic E-state index is -1.24. The topological polar surface area (TPSA) is 26.0 Å². The standard InChI is InChI=1S/C9H21NSi/c1-11(2,10)8-9-6-4-3-5-7-9/h9H,3-8,10H2,1-2H3. The third-order valence-corrected chi connectivity index (χ3v) is 4.17. The molecule has 1 saturated carbocycles. The van der Waals surface area contributed by atoms with Crippen LogP contribution in [0.4, 0.5) is 0 Å². The molecule has 0 aromatic carbocycles. The van der Waals surface area contributed by atoms with Gasteiger partial charge >= 0.3 is 0 Å². The number of rotatable bonds is 2. The highest BCUT2D eigenvalue weighted by molar-refractivity contribution is 6.74. The van der Waals surface area contributed by atoms with Crippen LogP contribution in [0.5, 0.6) is 0 Å². The summed E-state index contributed by atoms with van der Waals surface area (Å²) in [6, 6.07) is 1.35. The van der Waals surface area contributed by atoms with Gasteiger partial charge < -0.3 is 5.40 Å². The molecule has 0 aliphatic heterocycles. The molecule has 66 valence electrons. The Morgan fingerprint density at radius 3 is 2.18 bits per heavy atom. The molecule has 0 unspecified atom stereocenters. The normalized spacial score (nSPS) is 22.1. The minimum absolute atomic E-state index is 0.982. The predicted octanol–water partition coefficient (Wildman–Crippen LogP) is 2.73. The summed E-state index contributed by atoms with van der Waals surface area (Å²) in [4.78, 5) is 0. The second kappa shape index (κ2) is 3.72. The van der Waals surface area contributed by atoms with Gasteiger partial charge in [-0.1, -0.05) is 45.2 Å². The number of nitrogens with two attached hydrogens (primary N) is 1. The summed E-state index contributed by atoms with van der Waals surface area (Å²) >= 11 is 0. The SMILES string of the molecule is C[Si](C)(N)CC1CCCCC1. The molecule has 1 nitrogen and oxygen atoms in total. The molecule has 0 heterocycles. The molecule has 1 aliphatic rings. The molecule has 11 heavy (non-hydrogen) atoms. The van der Waals surface area contributed by atoms with E-state index in [1.165, 1.54) is 38.1 Å². The zero-order valence-electron chi connectivity index (χ0n) is 7.90. The number of hydrogen-bond donors (Lipinski definition) is 1. The van der Waals surface area contributed by atoms with Crippen molar-refractivity contribution >= 4 is 8.24 Å². The van der Waals surface area contributed by atoms with Crippen molar-refractivity contribution in [1.82, 2.24) is 0 Å². The first-order chi connectivity index (χ1) is 5.08. The van der Waals surface area contributed by atoms with Gasteiger partial charge in [0, 0.05) is 0 Å². The van der Waals surface area contributed by atoms with Crippen LogP contribution in [0.3, 0.4) is 0 Å². The summed E-state index contributed by atoms with van der Waals surface area (Å²) < 4.78 is 0. The Bertz CT molecular complexity index is 111. The van der Waals surface area contributed by atoms with Crippen LogP contribution in [0, 0.1) is 5.92 Å². The summed E-state index contributed by atoms with van der Waals surface area (Å²) in [5, 5.41) is 6.11. The van der Waals surface area contributed by atoms with E-state index in [0.717, 1.165) is 5.92 Å². The second-order valence-electron chi connectivity index (χ2n) is 4.70. The second-order valence-corrected chi connectivity index (χ2v) is 9.08. The van der Waals surface area contributed by atoms with Gasteiger partial charge in [0.25, 0.3) is 0 Å². The highest BCUT2D eigenvalue weighted by atomic mass is 28.3. The lowest BCUT2D eigenvalue weighted by atomic mass is 9.91. The van der Waals surface area contributed by atoms with E-state index in [1.807, 2.05) is 0 Å². The van der Waals surface area contributed by atoms with Crippen molar-refractivity contribution in [3.63, 3.8) is 0 Å². The average Bonchev–Trinajstić information content (AvgIpc) is 1.85. The van der Waals surface area contributed by atoms with Gasteiger partial charge in [-0.15, -0.1) is 0 Å². The Balaban J connectivity index is 2.24. The van der Waals surface area contributed by atoms with Crippen LogP contribution in [0.15, 0.2) is 0 Å². The first-order valence-corrected chi connectivity index (χ1v) is 8.15. The third-order valence-electron chi connectivity index (χ3n) is 2.54. The van der Waals surface area contributed by atoms with Gasteiger partial charge in [0.15, 0.2) is 0 Å². The van der Waals surface area contributed by atoms with Gasteiger partial charge in [-0.25, -0.2) is 0 Å². The van der Waals surface area contributed by atoms with Crippen molar-refractivity contribution in [3.05, 3.63) is 0 Å². The van der Waals surface area contributed by atoms with Crippen molar-refractivity contribution < 1.29 is 0 Å². The molecule has 0 aromatic heterocycles. The van der Waals surface area contributed by atoms with Crippen molar-refractivity contribution in [1.29, 1.82) is 0 Å². The molecule has 1 rings (SSSR count). The first-order valence-electron chi connectivity index (χ1n) is 4.87. The maximum absolute atomic E-state index is 6.11. The highest BCUT2D eigenvalue weighted by Crippen LogP contribution is 2.29. The summed E-state index contributed by atoms with van der Waals surface area (Å²) in [5.41, 5.74) is 0. The molecule has 2 N–H and O–H groups in total. The molecule has 0 saturated heterocycles. The largest absolute Gasteiger partial charge is 0.351 e. The van der Waals surface area contributed by atoms with Crippen LogP contribution in [0.1, 0.15) is 32.1 Å². The fourth-order valence-corrected chi connectivity index (χ4v) is 4.03. The van der Waals surface area contributed by atoms with Gasteiger partial charge in [0.1, 0.15) is 8.24 Å². The predicted molar refractivity (Wildman–Crippen MR) is 53.1 cm³/mol. The van der Waals surface area contributed by atoms with Gasteiger partial charge in [-0.2, -0.15) is 0 Å². The van der Waals surface area contributed by atoms with Crippen LogP contribution < -0.4 is 5.40 Å². The Labute approximate surface area is 71.5 Å². The lowest BCUT2D eigenvalue weighted by molar-refractivity contribution is 0.381. The van der Waals surface area contributed by atoms with Crippen LogP contribution >= 0.6 is 0 Å². The Morgan fingerprint density at radius 1 is 1.18 bits per heavy atom. The van der Waals surface area contributed by atoms with E-state index in [4.69, 9.17) is 5.40 Å². The Hall–Kier alpha value is 0.177. The fraction of sp³-hybridized carbons (Fsp3) is 1.00. The summed E-state index contributed by atoms with van der Waals surface area (Å²) in [5.74, 6) is 0.982. The van der Waals surface area contributed by atoms with Gasteiger partial charge in [-0.3, -0.25) is 0 Å². The fourth-order valence-electron chi connectivity index (χ4n) is 2.14. The molecule has 0 bridgehead atoms. The molecule has 1 aliphatic carbocycles. The summed E-state index contributed by atoms with van der Waals surface area (Å²) in [6.45, 7) is 4.56. The first kappa shape index (κ1) is 9.27. The quantitative estimate of drug-likeness (QED) is 0.635. The molecule has 0 aromatic rings. The smallest absolute Gasteiger partial charge is 0.117 e. The van der Waals surface area contributed by atoms with Crippen LogP contribution in [0.25, 0.3) is 0 Å². The van der Waals surface area contributed by atoms with Crippen molar-refractivity contribution in [3.8, 4) is 0 Å². The van der Waals surface area contributed by atoms with Crippen LogP contribution in [-0.4, -0.2) is 8.24 Å². The minimum Gasteiger partial charge on any atom is -0.351 e. The van der Waals surface area contributed by atoms with Crippen LogP contribution in [-0.2, 0) is 0 Å².